The van der Waals surface area contributed by atoms with E-state index in [4.69, 9.17) is 0 Å². The van der Waals surface area contributed by atoms with Gasteiger partial charge in [0.15, 0.2) is 0 Å². The molecular weight excluding hydrogens is 316 g/mol. The molecule has 1 unspecified atom stereocenters. The van der Waals surface area contributed by atoms with Crippen molar-refractivity contribution in [1.82, 2.24) is 20.4 Å². The van der Waals surface area contributed by atoms with Crippen molar-refractivity contribution < 1.29 is 9.59 Å². The van der Waals surface area contributed by atoms with Crippen molar-refractivity contribution >= 4 is 11.8 Å². The number of carbonyl (C=O) groups excluding carboxylic acids is 2. The lowest BCUT2D eigenvalue weighted by molar-refractivity contribution is -0.131. The van der Waals surface area contributed by atoms with Gasteiger partial charge in [0, 0.05) is 25.2 Å². The van der Waals surface area contributed by atoms with Crippen molar-refractivity contribution in [2.24, 2.45) is 0 Å². The molecule has 0 aliphatic carbocycles. The van der Waals surface area contributed by atoms with E-state index in [0.29, 0.717) is 25.9 Å². The summed E-state index contributed by atoms with van der Waals surface area (Å²) in [5, 5.41) is 10.3. The van der Waals surface area contributed by atoms with Crippen molar-refractivity contribution in [2.75, 3.05) is 6.54 Å². The third kappa shape index (κ3) is 3.57. The molecule has 1 fully saturated rings. The van der Waals surface area contributed by atoms with Crippen molar-refractivity contribution in [3.63, 3.8) is 0 Å². The standard InChI is InChI=1S/C19H24N4O2/c1-14(2)23-11-9-16(22-23)12-20-18(25)19(10-8-17(24)21-13-19)15-6-4-3-5-7-15/h3-7,9,11,14H,8,10,12-13H2,1-2H3,(H,20,25)(H,21,24). The minimum absolute atomic E-state index is 0.00460. The van der Waals surface area contributed by atoms with Crippen LogP contribution in [0.25, 0.3) is 0 Å². The lowest BCUT2D eigenvalue weighted by atomic mass is 9.73. The van der Waals surface area contributed by atoms with Gasteiger partial charge in [-0.05, 0) is 31.9 Å². The summed E-state index contributed by atoms with van der Waals surface area (Å²) in [6.45, 7) is 4.82. The van der Waals surface area contributed by atoms with E-state index in [0.717, 1.165) is 11.3 Å². The lowest BCUT2D eigenvalue weighted by Crippen LogP contribution is -2.55. The summed E-state index contributed by atoms with van der Waals surface area (Å²) in [6.07, 6.45) is 2.78. The maximum Gasteiger partial charge on any atom is 0.232 e. The predicted molar refractivity (Wildman–Crippen MR) is 94.8 cm³/mol. The summed E-state index contributed by atoms with van der Waals surface area (Å²) in [5.41, 5.74) is 1.03. The molecule has 0 spiro atoms. The van der Waals surface area contributed by atoms with Gasteiger partial charge in [-0.2, -0.15) is 5.10 Å². The van der Waals surface area contributed by atoms with E-state index >= 15 is 0 Å². The molecule has 0 bridgehead atoms. The maximum absolute atomic E-state index is 13.0. The Labute approximate surface area is 147 Å². The number of amides is 2. The van der Waals surface area contributed by atoms with Gasteiger partial charge in [-0.3, -0.25) is 14.3 Å². The number of aromatic nitrogens is 2. The molecule has 132 valence electrons. The van der Waals surface area contributed by atoms with Crippen LogP contribution in [0.5, 0.6) is 0 Å². The summed E-state index contributed by atoms with van der Waals surface area (Å²) in [6, 6.07) is 11.9. The summed E-state index contributed by atoms with van der Waals surface area (Å²) in [7, 11) is 0. The zero-order chi connectivity index (χ0) is 17.9. The Morgan fingerprint density at radius 1 is 1.32 bits per heavy atom. The Morgan fingerprint density at radius 2 is 2.08 bits per heavy atom. The fourth-order valence-corrected chi connectivity index (χ4v) is 3.18. The molecule has 2 N–H and O–H groups in total. The fourth-order valence-electron chi connectivity index (χ4n) is 3.18. The molecule has 2 heterocycles. The monoisotopic (exact) mass is 340 g/mol. The van der Waals surface area contributed by atoms with Crippen molar-refractivity contribution in [3.8, 4) is 0 Å². The van der Waals surface area contributed by atoms with E-state index < -0.39 is 5.41 Å². The molecule has 0 radical (unpaired) electrons. The third-order valence-electron chi connectivity index (χ3n) is 4.75. The van der Waals surface area contributed by atoms with E-state index in [2.05, 4.69) is 29.6 Å². The zero-order valence-corrected chi connectivity index (χ0v) is 14.7. The van der Waals surface area contributed by atoms with Gasteiger partial charge >= 0.3 is 0 Å². The second kappa shape index (κ2) is 7.09. The number of nitrogens with zero attached hydrogens (tertiary/aromatic N) is 2. The minimum Gasteiger partial charge on any atom is -0.355 e. The van der Waals surface area contributed by atoms with E-state index in [9.17, 15) is 9.59 Å². The average Bonchev–Trinajstić information content (AvgIpc) is 3.11. The van der Waals surface area contributed by atoms with Crippen LogP contribution in [0.1, 0.15) is 44.0 Å². The highest BCUT2D eigenvalue weighted by Gasteiger charge is 2.43. The molecule has 6 nitrogen and oxygen atoms in total. The molecule has 2 aromatic rings. The molecule has 1 aliphatic heterocycles. The number of hydrogen-bond acceptors (Lipinski definition) is 3. The third-order valence-corrected chi connectivity index (χ3v) is 4.75. The van der Waals surface area contributed by atoms with Crippen molar-refractivity contribution in [1.29, 1.82) is 0 Å². The zero-order valence-electron chi connectivity index (χ0n) is 14.7. The molecule has 1 saturated heterocycles. The second-order valence-electron chi connectivity index (χ2n) is 6.79. The second-order valence-corrected chi connectivity index (χ2v) is 6.79. The Kier molecular flexibility index (Phi) is 4.88. The normalized spacial score (nSPS) is 20.4. The van der Waals surface area contributed by atoms with Crippen LogP contribution in [-0.4, -0.2) is 28.1 Å². The first kappa shape index (κ1) is 17.2. The molecule has 1 aromatic heterocycles. The first-order valence-corrected chi connectivity index (χ1v) is 8.66. The highest BCUT2D eigenvalue weighted by Crippen LogP contribution is 2.32. The topological polar surface area (TPSA) is 76.0 Å². The summed E-state index contributed by atoms with van der Waals surface area (Å²) in [5.74, 6) is -0.0761. The highest BCUT2D eigenvalue weighted by molar-refractivity contribution is 5.91. The number of hydrogen-bond donors (Lipinski definition) is 2. The van der Waals surface area contributed by atoms with E-state index in [1.165, 1.54) is 0 Å². The number of benzene rings is 1. The van der Waals surface area contributed by atoms with Gasteiger partial charge in [0.05, 0.1) is 17.7 Å². The number of rotatable bonds is 5. The van der Waals surface area contributed by atoms with Gasteiger partial charge in [-0.25, -0.2) is 0 Å². The first-order chi connectivity index (χ1) is 12.0. The smallest absolute Gasteiger partial charge is 0.232 e. The minimum atomic E-state index is -0.726. The fraction of sp³-hybridized carbons (Fsp3) is 0.421. The van der Waals surface area contributed by atoms with Crippen molar-refractivity contribution in [3.05, 3.63) is 53.9 Å². The number of piperidine rings is 1. The van der Waals surface area contributed by atoms with Gasteiger partial charge in [0.2, 0.25) is 11.8 Å². The molecule has 1 aliphatic rings. The number of carbonyl (C=O) groups is 2. The number of nitrogens with one attached hydrogen (secondary N) is 2. The van der Waals surface area contributed by atoms with Crippen LogP contribution >= 0.6 is 0 Å². The quantitative estimate of drug-likeness (QED) is 0.873. The van der Waals surface area contributed by atoms with Crippen LogP contribution < -0.4 is 10.6 Å². The van der Waals surface area contributed by atoms with E-state index in [1.807, 2.05) is 47.3 Å². The van der Waals surface area contributed by atoms with E-state index in [-0.39, 0.29) is 17.9 Å². The van der Waals surface area contributed by atoms with E-state index in [1.54, 1.807) is 0 Å². The van der Waals surface area contributed by atoms with Gasteiger partial charge in [0.25, 0.3) is 0 Å². The maximum atomic E-state index is 13.0. The lowest BCUT2D eigenvalue weighted by Gasteiger charge is -2.36. The van der Waals surface area contributed by atoms with Gasteiger partial charge in [0.1, 0.15) is 0 Å². The molecular formula is C19H24N4O2. The largest absolute Gasteiger partial charge is 0.355 e. The molecule has 3 rings (SSSR count). The average molecular weight is 340 g/mol. The summed E-state index contributed by atoms with van der Waals surface area (Å²) < 4.78 is 1.87. The summed E-state index contributed by atoms with van der Waals surface area (Å²) in [4.78, 5) is 24.6. The highest BCUT2D eigenvalue weighted by atomic mass is 16.2. The Morgan fingerprint density at radius 3 is 2.68 bits per heavy atom. The Bertz CT molecular complexity index is 742. The van der Waals surface area contributed by atoms with Crippen LogP contribution in [0.15, 0.2) is 42.6 Å². The summed E-state index contributed by atoms with van der Waals surface area (Å²) >= 11 is 0. The SMILES string of the molecule is CC(C)n1ccc(CNC(=O)C2(c3ccccc3)CCC(=O)NC2)n1. The Hall–Kier alpha value is -2.63. The molecule has 25 heavy (non-hydrogen) atoms. The Balaban J connectivity index is 1.76. The van der Waals surface area contributed by atoms with Crippen LogP contribution in [0.2, 0.25) is 0 Å². The van der Waals surface area contributed by atoms with Crippen molar-refractivity contribution in [2.45, 2.75) is 44.7 Å². The molecule has 6 heteroatoms. The molecule has 1 atom stereocenters. The molecule has 0 saturated carbocycles. The van der Waals surface area contributed by atoms with Gasteiger partial charge in [-0.15, -0.1) is 0 Å². The molecule has 2 amide bonds. The van der Waals surface area contributed by atoms with Crippen LogP contribution in [0.4, 0.5) is 0 Å². The molecule has 1 aromatic carbocycles. The predicted octanol–water partition coefficient (Wildman–Crippen LogP) is 1.93. The van der Waals surface area contributed by atoms with Crippen LogP contribution in [0, 0.1) is 0 Å². The van der Waals surface area contributed by atoms with Crippen LogP contribution in [-0.2, 0) is 21.5 Å². The first-order valence-electron chi connectivity index (χ1n) is 8.66. The van der Waals surface area contributed by atoms with Gasteiger partial charge < -0.3 is 10.6 Å². The van der Waals surface area contributed by atoms with Crippen LogP contribution in [0.3, 0.4) is 0 Å². The van der Waals surface area contributed by atoms with Gasteiger partial charge in [-0.1, -0.05) is 30.3 Å².